The summed E-state index contributed by atoms with van der Waals surface area (Å²) in [5.41, 5.74) is 3.29. The van der Waals surface area contributed by atoms with Crippen molar-refractivity contribution in [1.29, 1.82) is 0 Å². The highest BCUT2D eigenvalue weighted by atomic mass is 16.3. The summed E-state index contributed by atoms with van der Waals surface area (Å²) < 4.78 is 1.80. The van der Waals surface area contributed by atoms with E-state index in [-0.39, 0.29) is 25.0 Å². The molecular weight excluding hydrogens is 282 g/mol. The molecule has 2 N–H and O–H groups in total. The molecule has 1 amide bonds. The van der Waals surface area contributed by atoms with Crippen molar-refractivity contribution in [3.8, 4) is 0 Å². The van der Waals surface area contributed by atoms with Gasteiger partial charge in [0.2, 0.25) is 5.91 Å². The molecule has 0 aliphatic carbocycles. The van der Waals surface area contributed by atoms with Crippen LogP contribution in [0.3, 0.4) is 0 Å². The summed E-state index contributed by atoms with van der Waals surface area (Å²) in [4.78, 5) is 14.3. The molecule has 1 aliphatic heterocycles. The Morgan fingerprint density at radius 2 is 2.00 bits per heavy atom. The quantitative estimate of drug-likeness (QED) is 0.837. The van der Waals surface area contributed by atoms with Crippen molar-refractivity contribution in [1.82, 2.24) is 14.7 Å². The lowest BCUT2D eigenvalue weighted by Gasteiger charge is -2.33. The summed E-state index contributed by atoms with van der Waals surface area (Å²) in [6, 6.07) is 0. The smallest absolute Gasteiger partial charge is 0.244 e. The van der Waals surface area contributed by atoms with Crippen LogP contribution >= 0.6 is 0 Å². The molecular formula is C16H27N3O3. The summed E-state index contributed by atoms with van der Waals surface area (Å²) >= 11 is 0. The van der Waals surface area contributed by atoms with Crippen LogP contribution in [0.15, 0.2) is 0 Å². The van der Waals surface area contributed by atoms with E-state index in [1.165, 1.54) is 5.56 Å². The fraction of sp³-hybridized carbons (Fsp3) is 0.750. The molecule has 0 saturated carbocycles. The number of aromatic nitrogens is 2. The lowest BCUT2D eigenvalue weighted by atomic mass is 9.91. The Hall–Kier alpha value is -1.40. The zero-order valence-electron chi connectivity index (χ0n) is 13.7. The third-order valence-electron chi connectivity index (χ3n) is 4.79. The van der Waals surface area contributed by atoms with Crippen LogP contribution in [-0.4, -0.2) is 56.6 Å². The lowest BCUT2D eigenvalue weighted by Crippen LogP contribution is -2.43. The molecule has 0 aromatic carbocycles. The number of likely N-dealkylation sites (tertiary alicyclic amines) is 1. The van der Waals surface area contributed by atoms with Gasteiger partial charge in [-0.15, -0.1) is 0 Å². The van der Waals surface area contributed by atoms with Gasteiger partial charge >= 0.3 is 0 Å². The molecule has 124 valence electrons. The predicted octanol–water partition coefficient (Wildman–Crippen LogP) is 0.654. The Bertz CT molecular complexity index is 519. The van der Waals surface area contributed by atoms with Gasteiger partial charge in [-0.3, -0.25) is 9.48 Å². The zero-order valence-corrected chi connectivity index (χ0v) is 13.7. The maximum Gasteiger partial charge on any atom is 0.244 e. The molecule has 1 unspecified atom stereocenters. The Labute approximate surface area is 131 Å². The van der Waals surface area contributed by atoms with Gasteiger partial charge in [-0.1, -0.05) is 6.92 Å². The summed E-state index contributed by atoms with van der Waals surface area (Å²) in [6.07, 6.45) is 1.74. The van der Waals surface area contributed by atoms with Gasteiger partial charge in [0.15, 0.2) is 0 Å². The van der Waals surface area contributed by atoms with Crippen LogP contribution in [0, 0.1) is 19.8 Å². The van der Waals surface area contributed by atoms with E-state index in [1.54, 1.807) is 4.68 Å². The number of carbonyl (C=O) groups excluding carboxylic acids is 1. The summed E-state index contributed by atoms with van der Waals surface area (Å²) in [5, 5.41) is 23.1. The molecule has 22 heavy (non-hydrogen) atoms. The molecule has 1 fully saturated rings. The first kappa shape index (κ1) is 17.0. The van der Waals surface area contributed by atoms with E-state index in [4.69, 9.17) is 5.11 Å². The number of carbonyl (C=O) groups is 1. The van der Waals surface area contributed by atoms with E-state index < -0.39 is 6.10 Å². The van der Waals surface area contributed by atoms with E-state index in [0.717, 1.165) is 30.7 Å². The minimum absolute atomic E-state index is 0.0743. The van der Waals surface area contributed by atoms with E-state index in [1.807, 2.05) is 18.7 Å². The molecule has 0 radical (unpaired) electrons. The molecule has 1 atom stereocenters. The van der Waals surface area contributed by atoms with Crippen molar-refractivity contribution < 1.29 is 15.0 Å². The molecule has 1 aromatic heterocycles. The standard InChI is InChI=1S/C16H27N3O3/c1-4-14-11(2)17-19(12(14)3)9-16(22)18-7-5-13(6-8-18)15(21)10-20/h13,15,20-21H,4-10H2,1-3H3. The van der Waals surface area contributed by atoms with Crippen LogP contribution in [0.25, 0.3) is 0 Å². The third kappa shape index (κ3) is 3.50. The maximum atomic E-state index is 12.4. The van der Waals surface area contributed by atoms with Crippen molar-refractivity contribution in [3.05, 3.63) is 17.0 Å². The van der Waals surface area contributed by atoms with E-state index in [2.05, 4.69) is 12.0 Å². The van der Waals surface area contributed by atoms with Gasteiger partial charge in [0, 0.05) is 18.8 Å². The minimum atomic E-state index is -0.666. The van der Waals surface area contributed by atoms with Crippen LogP contribution in [0.5, 0.6) is 0 Å². The van der Waals surface area contributed by atoms with Crippen molar-refractivity contribution in [2.45, 2.75) is 52.7 Å². The molecule has 1 aromatic rings. The number of nitrogens with zero attached hydrogens (tertiary/aromatic N) is 3. The highest BCUT2D eigenvalue weighted by Crippen LogP contribution is 2.21. The molecule has 6 heteroatoms. The van der Waals surface area contributed by atoms with Crippen LogP contribution in [0.2, 0.25) is 0 Å². The largest absolute Gasteiger partial charge is 0.394 e. The highest BCUT2D eigenvalue weighted by molar-refractivity contribution is 5.76. The predicted molar refractivity (Wildman–Crippen MR) is 83.5 cm³/mol. The molecule has 1 aliphatic rings. The SMILES string of the molecule is CCc1c(C)nn(CC(=O)N2CCC(C(O)CO)CC2)c1C. The van der Waals surface area contributed by atoms with Gasteiger partial charge in [-0.05, 0) is 44.6 Å². The number of rotatable bonds is 5. The first-order chi connectivity index (χ1) is 10.5. The van der Waals surface area contributed by atoms with Crippen molar-refractivity contribution >= 4 is 5.91 Å². The zero-order chi connectivity index (χ0) is 16.3. The summed E-state index contributed by atoms with van der Waals surface area (Å²) in [6.45, 7) is 7.44. The van der Waals surface area contributed by atoms with Gasteiger partial charge < -0.3 is 15.1 Å². The first-order valence-corrected chi connectivity index (χ1v) is 8.07. The number of hydrogen-bond acceptors (Lipinski definition) is 4. The van der Waals surface area contributed by atoms with Crippen LogP contribution in [0.1, 0.15) is 36.7 Å². The topological polar surface area (TPSA) is 78.6 Å². The van der Waals surface area contributed by atoms with Gasteiger partial charge in [0.05, 0.1) is 18.4 Å². The van der Waals surface area contributed by atoms with Gasteiger partial charge in [0.1, 0.15) is 6.54 Å². The van der Waals surface area contributed by atoms with Crippen molar-refractivity contribution in [2.24, 2.45) is 5.92 Å². The number of piperidine rings is 1. The average molecular weight is 309 g/mol. The van der Waals surface area contributed by atoms with Crippen LogP contribution < -0.4 is 0 Å². The van der Waals surface area contributed by atoms with E-state index in [9.17, 15) is 9.90 Å². The van der Waals surface area contributed by atoms with Crippen molar-refractivity contribution in [3.63, 3.8) is 0 Å². The number of hydrogen-bond donors (Lipinski definition) is 2. The van der Waals surface area contributed by atoms with Crippen LogP contribution in [-0.2, 0) is 17.8 Å². The molecule has 2 heterocycles. The number of aliphatic hydroxyl groups is 2. The average Bonchev–Trinajstić information content (AvgIpc) is 2.80. The molecule has 1 saturated heterocycles. The molecule has 0 spiro atoms. The Morgan fingerprint density at radius 1 is 1.36 bits per heavy atom. The van der Waals surface area contributed by atoms with Gasteiger partial charge in [-0.25, -0.2) is 0 Å². The monoisotopic (exact) mass is 309 g/mol. The summed E-state index contributed by atoms with van der Waals surface area (Å²) in [5.74, 6) is 0.166. The third-order valence-corrected chi connectivity index (χ3v) is 4.79. The Balaban J connectivity index is 1.94. The lowest BCUT2D eigenvalue weighted by molar-refractivity contribution is -0.134. The molecule has 6 nitrogen and oxygen atoms in total. The number of aryl methyl sites for hydroxylation is 1. The number of amides is 1. The molecule has 0 bridgehead atoms. The second-order valence-electron chi connectivity index (χ2n) is 6.13. The summed E-state index contributed by atoms with van der Waals surface area (Å²) in [7, 11) is 0. The minimum Gasteiger partial charge on any atom is -0.394 e. The van der Waals surface area contributed by atoms with E-state index in [0.29, 0.717) is 13.1 Å². The normalized spacial score (nSPS) is 17.8. The highest BCUT2D eigenvalue weighted by Gasteiger charge is 2.27. The van der Waals surface area contributed by atoms with Crippen LogP contribution in [0.4, 0.5) is 0 Å². The first-order valence-electron chi connectivity index (χ1n) is 8.07. The Kier molecular flexibility index (Phi) is 5.58. The Morgan fingerprint density at radius 3 is 2.50 bits per heavy atom. The van der Waals surface area contributed by atoms with Crippen molar-refractivity contribution in [2.75, 3.05) is 19.7 Å². The fourth-order valence-electron chi connectivity index (χ4n) is 3.31. The second-order valence-corrected chi connectivity index (χ2v) is 6.13. The number of aliphatic hydroxyl groups excluding tert-OH is 2. The fourth-order valence-corrected chi connectivity index (χ4v) is 3.31. The maximum absolute atomic E-state index is 12.4. The van der Waals surface area contributed by atoms with Gasteiger partial charge in [0.25, 0.3) is 0 Å². The second kappa shape index (κ2) is 7.24. The van der Waals surface area contributed by atoms with E-state index >= 15 is 0 Å². The van der Waals surface area contributed by atoms with Gasteiger partial charge in [-0.2, -0.15) is 5.10 Å². The molecule has 2 rings (SSSR count).